The van der Waals surface area contributed by atoms with Crippen LogP contribution < -0.4 is 5.73 Å². The lowest BCUT2D eigenvalue weighted by Gasteiger charge is -1.98. The highest BCUT2D eigenvalue weighted by Gasteiger charge is 1.96. The molecular weight excluding hydrogens is 196 g/mol. The second kappa shape index (κ2) is 2.98. The van der Waals surface area contributed by atoms with E-state index in [1.54, 1.807) is 12.1 Å². The van der Waals surface area contributed by atoms with E-state index in [0.29, 0.717) is 16.0 Å². The third kappa shape index (κ3) is 1.46. The van der Waals surface area contributed by atoms with Crippen LogP contribution in [-0.2, 0) is 6.61 Å². The van der Waals surface area contributed by atoms with Gasteiger partial charge in [-0.2, -0.15) is 0 Å². The van der Waals surface area contributed by atoms with Crippen LogP contribution in [0.4, 0.5) is 5.69 Å². The maximum absolute atomic E-state index is 8.63. The van der Waals surface area contributed by atoms with Gasteiger partial charge in [0.1, 0.15) is 4.60 Å². The fourth-order valence-corrected chi connectivity index (χ4v) is 0.931. The van der Waals surface area contributed by atoms with Gasteiger partial charge in [-0.05, 0) is 28.1 Å². The maximum Gasteiger partial charge on any atom is 0.129 e. The van der Waals surface area contributed by atoms with E-state index in [4.69, 9.17) is 10.8 Å². The van der Waals surface area contributed by atoms with Gasteiger partial charge in [0.2, 0.25) is 0 Å². The number of rotatable bonds is 1. The number of aromatic nitrogens is 1. The summed E-state index contributed by atoms with van der Waals surface area (Å²) in [6.45, 7) is -0.0567. The molecule has 0 aliphatic rings. The van der Waals surface area contributed by atoms with E-state index in [2.05, 4.69) is 20.9 Å². The Morgan fingerprint density at radius 1 is 1.60 bits per heavy atom. The summed E-state index contributed by atoms with van der Waals surface area (Å²) in [6.07, 6.45) is 0. The van der Waals surface area contributed by atoms with Gasteiger partial charge in [-0.1, -0.05) is 0 Å². The molecule has 0 saturated heterocycles. The Kier molecular flexibility index (Phi) is 2.24. The highest BCUT2D eigenvalue weighted by Crippen LogP contribution is 2.15. The Bertz CT molecular complexity index is 239. The molecule has 0 amide bonds. The van der Waals surface area contributed by atoms with Crippen LogP contribution in [0.25, 0.3) is 0 Å². The van der Waals surface area contributed by atoms with Crippen molar-refractivity contribution < 1.29 is 5.11 Å². The van der Waals surface area contributed by atoms with E-state index in [1.165, 1.54) is 0 Å². The molecule has 0 atom stereocenters. The maximum atomic E-state index is 8.63. The van der Waals surface area contributed by atoms with Crippen LogP contribution in [-0.4, -0.2) is 10.1 Å². The molecule has 1 aromatic heterocycles. The number of aliphatic hydroxyl groups is 1. The molecule has 10 heavy (non-hydrogen) atoms. The van der Waals surface area contributed by atoms with Gasteiger partial charge in [0.25, 0.3) is 0 Å². The van der Waals surface area contributed by atoms with Gasteiger partial charge in [0.05, 0.1) is 18.0 Å². The molecule has 0 aliphatic carbocycles. The summed E-state index contributed by atoms with van der Waals surface area (Å²) in [7, 11) is 0. The molecule has 1 aromatic rings. The Balaban J connectivity index is 3.04. The van der Waals surface area contributed by atoms with Crippen LogP contribution in [0.15, 0.2) is 16.7 Å². The first kappa shape index (κ1) is 7.50. The summed E-state index contributed by atoms with van der Waals surface area (Å²) in [5.74, 6) is 0. The predicted octanol–water partition coefficient (Wildman–Crippen LogP) is 0.919. The third-order valence-electron chi connectivity index (χ3n) is 1.10. The number of aliphatic hydroxyl groups excluding tert-OH is 1. The summed E-state index contributed by atoms with van der Waals surface area (Å²) in [5.41, 5.74) is 6.65. The number of hydrogen-bond donors (Lipinski definition) is 2. The normalized spacial score (nSPS) is 9.80. The van der Waals surface area contributed by atoms with E-state index in [1.807, 2.05) is 0 Å². The van der Waals surface area contributed by atoms with E-state index in [0.717, 1.165) is 0 Å². The van der Waals surface area contributed by atoms with Crippen molar-refractivity contribution in [2.45, 2.75) is 6.61 Å². The van der Waals surface area contributed by atoms with Crippen LogP contribution in [0.3, 0.4) is 0 Å². The van der Waals surface area contributed by atoms with Gasteiger partial charge in [-0.15, -0.1) is 0 Å². The molecule has 0 spiro atoms. The van der Waals surface area contributed by atoms with Gasteiger partial charge >= 0.3 is 0 Å². The van der Waals surface area contributed by atoms with Gasteiger partial charge in [0.15, 0.2) is 0 Å². The number of pyridine rings is 1. The summed E-state index contributed by atoms with van der Waals surface area (Å²) in [4.78, 5) is 3.93. The van der Waals surface area contributed by atoms with Crippen molar-refractivity contribution >= 4 is 21.6 Å². The van der Waals surface area contributed by atoms with Crippen molar-refractivity contribution in [1.29, 1.82) is 0 Å². The minimum atomic E-state index is -0.0567. The number of nitrogens with two attached hydrogens (primary N) is 1. The Morgan fingerprint density at radius 3 is 2.80 bits per heavy atom. The van der Waals surface area contributed by atoms with Crippen LogP contribution in [0.1, 0.15) is 5.69 Å². The van der Waals surface area contributed by atoms with E-state index in [9.17, 15) is 0 Å². The minimum Gasteiger partial charge on any atom is -0.397 e. The molecule has 0 bridgehead atoms. The number of hydrogen-bond acceptors (Lipinski definition) is 3. The average molecular weight is 203 g/mol. The Morgan fingerprint density at radius 2 is 2.30 bits per heavy atom. The lowest BCUT2D eigenvalue weighted by molar-refractivity contribution is 0.276. The van der Waals surface area contributed by atoms with E-state index < -0.39 is 0 Å². The smallest absolute Gasteiger partial charge is 0.129 e. The van der Waals surface area contributed by atoms with Crippen LogP contribution in [0, 0.1) is 0 Å². The molecule has 1 rings (SSSR count). The molecule has 1 heterocycles. The van der Waals surface area contributed by atoms with Crippen molar-refractivity contribution in [3.05, 3.63) is 22.4 Å². The molecule has 0 saturated carbocycles. The Hall–Kier alpha value is -0.610. The fraction of sp³-hybridized carbons (Fsp3) is 0.167. The van der Waals surface area contributed by atoms with Crippen molar-refractivity contribution in [3.8, 4) is 0 Å². The van der Waals surface area contributed by atoms with Gasteiger partial charge in [0, 0.05) is 0 Å². The molecule has 0 radical (unpaired) electrons. The van der Waals surface area contributed by atoms with Gasteiger partial charge in [-0.25, -0.2) is 4.98 Å². The second-order valence-electron chi connectivity index (χ2n) is 1.84. The largest absolute Gasteiger partial charge is 0.397 e. The van der Waals surface area contributed by atoms with Crippen molar-refractivity contribution in [3.63, 3.8) is 0 Å². The minimum absolute atomic E-state index is 0.0567. The topological polar surface area (TPSA) is 59.1 Å². The molecule has 0 unspecified atom stereocenters. The molecular formula is C6H7BrN2O. The first-order chi connectivity index (χ1) is 4.74. The monoisotopic (exact) mass is 202 g/mol. The number of halogens is 1. The van der Waals surface area contributed by atoms with Crippen LogP contribution >= 0.6 is 15.9 Å². The van der Waals surface area contributed by atoms with E-state index >= 15 is 0 Å². The number of nitrogen functional groups attached to an aromatic ring is 1. The van der Waals surface area contributed by atoms with Crippen molar-refractivity contribution in [2.75, 3.05) is 5.73 Å². The lowest BCUT2D eigenvalue weighted by Crippen LogP contribution is -1.93. The van der Waals surface area contributed by atoms with E-state index in [-0.39, 0.29) is 6.61 Å². The lowest BCUT2D eigenvalue weighted by atomic mass is 10.3. The molecule has 4 heteroatoms. The summed E-state index contributed by atoms with van der Waals surface area (Å²) < 4.78 is 0.582. The first-order valence-corrected chi connectivity index (χ1v) is 3.55. The third-order valence-corrected chi connectivity index (χ3v) is 1.73. The summed E-state index contributed by atoms with van der Waals surface area (Å²) in [5, 5.41) is 8.63. The van der Waals surface area contributed by atoms with Crippen molar-refractivity contribution in [1.82, 2.24) is 4.98 Å². The first-order valence-electron chi connectivity index (χ1n) is 2.76. The fourth-order valence-electron chi connectivity index (χ4n) is 0.571. The van der Waals surface area contributed by atoms with Gasteiger partial charge in [-0.3, -0.25) is 0 Å². The highest BCUT2D eigenvalue weighted by molar-refractivity contribution is 9.10. The zero-order chi connectivity index (χ0) is 7.56. The van der Waals surface area contributed by atoms with Gasteiger partial charge < -0.3 is 10.8 Å². The van der Waals surface area contributed by atoms with Crippen LogP contribution in [0.2, 0.25) is 0 Å². The summed E-state index contributed by atoms with van der Waals surface area (Å²) in [6, 6.07) is 3.38. The zero-order valence-electron chi connectivity index (χ0n) is 5.21. The van der Waals surface area contributed by atoms with Crippen LogP contribution in [0.5, 0.6) is 0 Å². The standard InChI is InChI=1S/C6H7BrN2O/c7-6-5(8)2-1-4(3-10)9-6/h1-2,10H,3,8H2. The summed E-state index contributed by atoms with van der Waals surface area (Å²) >= 11 is 3.14. The average Bonchev–Trinajstić information content (AvgIpc) is 1.95. The highest BCUT2D eigenvalue weighted by atomic mass is 79.9. The molecule has 0 fully saturated rings. The molecule has 0 aliphatic heterocycles. The quantitative estimate of drug-likeness (QED) is 0.667. The SMILES string of the molecule is Nc1ccc(CO)nc1Br. The Labute approximate surface area is 67.0 Å². The second-order valence-corrected chi connectivity index (χ2v) is 2.59. The number of anilines is 1. The molecule has 3 nitrogen and oxygen atoms in total. The number of nitrogens with zero attached hydrogens (tertiary/aromatic N) is 1. The zero-order valence-corrected chi connectivity index (χ0v) is 6.80. The molecule has 0 aromatic carbocycles. The van der Waals surface area contributed by atoms with Crippen molar-refractivity contribution in [2.24, 2.45) is 0 Å². The molecule has 54 valence electrons. The molecule has 3 N–H and O–H groups in total. The predicted molar refractivity (Wildman–Crippen MR) is 42.3 cm³/mol.